The van der Waals surface area contributed by atoms with Gasteiger partial charge < -0.3 is 4.42 Å². The van der Waals surface area contributed by atoms with Gasteiger partial charge in [-0.25, -0.2) is 0 Å². The Kier molecular flexibility index (Phi) is 3.50. The summed E-state index contributed by atoms with van der Waals surface area (Å²) in [6, 6.07) is 3.47. The number of rotatable bonds is 5. The van der Waals surface area contributed by atoms with Crippen LogP contribution < -0.4 is 0 Å². The molecular weight excluding hydrogens is 176 g/mol. The minimum Gasteiger partial charge on any atom is -0.461 e. The van der Waals surface area contributed by atoms with E-state index in [1.54, 1.807) is 12.1 Å². The Morgan fingerprint density at radius 1 is 1.50 bits per heavy atom. The second-order valence-corrected chi connectivity index (χ2v) is 4.42. The summed E-state index contributed by atoms with van der Waals surface area (Å²) in [5, 5.41) is 0. The lowest BCUT2D eigenvalue weighted by Gasteiger charge is -2.21. The predicted octanol–water partition coefficient (Wildman–Crippen LogP) is 3.68. The molecule has 0 bridgehead atoms. The molecule has 0 fully saturated rings. The van der Waals surface area contributed by atoms with Crippen LogP contribution in [0.25, 0.3) is 0 Å². The fourth-order valence-corrected chi connectivity index (χ4v) is 1.19. The van der Waals surface area contributed by atoms with Gasteiger partial charge in [0.1, 0.15) is 0 Å². The highest BCUT2D eigenvalue weighted by atomic mass is 16.3. The van der Waals surface area contributed by atoms with E-state index in [2.05, 4.69) is 20.8 Å². The average molecular weight is 194 g/mol. The standard InChI is InChI=1S/C12H18O2/c1-4-12(2,3)8-7-10(13)11-6-5-9-14-11/h5-6,9H,4,7-8H2,1-3H3. The van der Waals surface area contributed by atoms with Crippen molar-refractivity contribution in [2.45, 2.75) is 40.0 Å². The minimum absolute atomic E-state index is 0.108. The van der Waals surface area contributed by atoms with E-state index in [1.165, 1.54) is 6.26 Å². The predicted molar refractivity (Wildman–Crippen MR) is 56.3 cm³/mol. The molecule has 0 aliphatic rings. The number of Topliss-reactive ketones (excluding diaryl/α,β-unsaturated/α-hetero) is 1. The van der Waals surface area contributed by atoms with Crippen molar-refractivity contribution >= 4 is 5.78 Å². The highest BCUT2D eigenvalue weighted by Gasteiger charge is 2.18. The number of furan rings is 1. The summed E-state index contributed by atoms with van der Waals surface area (Å²) in [5.74, 6) is 0.591. The van der Waals surface area contributed by atoms with Crippen LogP contribution >= 0.6 is 0 Å². The molecule has 0 aromatic carbocycles. The van der Waals surface area contributed by atoms with Gasteiger partial charge in [-0.1, -0.05) is 27.2 Å². The largest absolute Gasteiger partial charge is 0.461 e. The van der Waals surface area contributed by atoms with E-state index in [0.29, 0.717) is 12.2 Å². The molecule has 0 radical (unpaired) electrons. The first-order chi connectivity index (χ1) is 6.55. The van der Waals surface area contributed by atoms with Crippen LogP contribution in [0.1, 0.15) is 50.6 Å². The molecule has 0 amide bonds. The van der Waals surface area contributed by atoms with Crippen molar-refractivity contribution in [3.05, 3.63) is 24.2 Å². The Hall–Kier alpha value is -1.05. The first kappa shape index (κ1) is 11.0. The van der Waals surface area contributed by atoms with Gasteiger partial charge in [-0.2, -0.15) is 0 Å². The Morgan fingerprint density at radius 3 is 2.71 bits per heavy atom. The van der Waals surface area contributed by atoms with Gasteiger partial charge in [-0.15, -0.1) is 0 Å². The van der Waals surface area contributed by atoms with E-state index in [0.717, 1.165) is 12.8 Å². The van der Waals surface area contributed by atoms with E-state index in [4.69, 9.17) is 4.42 Å². The molecule has 1 aromatic rings. The van der Waals surface area contributed by atoms with E-state index in [-0.39, 0.29) is 11.2 Å². The lowest BCUT2D eigenvalue weighted by atomic mass is 9.84. The van der Waals surface area contributed by atoms with Gasteiger partial charge >= 0.3 is 0 Å². The third-order valence-electron chi connectivity index (χ3n) is 2.78. The van der Waals surface area contributed by atoms with Crippen molar-refractivity contribution in [2.24, 2.45) is 5.41 Å². The minimum atomic E-state index is 0.108. The molecule has 2 nitrogen and oxygen atoms in total. The first-order valence-electron chi connectivity index (χ1n) is 5.12. The zero-order chi connectivity index (χ0) is 10.6. The Labute approximate surface area is 85.3 Å². The van der Waals surface area contributed by atoms with E-state index in [1.807, 2.05) is 0 Å². The Morgan fingerprint density at radius 2 is 2.21 bits per heavy atom. The summed E-state index contributed by atoms with van der Waals surface area (Å²) >= 11 is 0. The summed E-state index contributed by atoms with van der Waals surface area (Å²) in [6.07, 6.45) is 4.13. The second kappa shape index (κ2) is 4.45. The number of hydrogen-bond donors (Lipinski definition) is 0. The molecule has 14 heavy (non-hydrogen) atoms. The second-order valence-electron chi connectivity index (χ2n) is 4.42. The molecule has 2 heteroatoms. The normalized spacial score (nSPS) is 11.6. The number of carbonyl (C=O) groups is 1. The van der Waals surface area contributed by atoms with Crippen LogP contribution in [0.5, 0.6) is 0 Å². The van der Waals surface area contributed by atoms with E-state index in [9.17, 15) is 4.79 Å². The summed E-state index contributed by atoms with van der Waals surface area (Å²) in [6.45, 7) is 6.52. The van der Waals surface area contributed by atoms with Crippen molar-refractivity contribution in [3.63, 3.8) is 0 Å². The van der Waals surface area contributed by atoms with E-state index < -0.39 is 0 Å². The Bertz CT molecular complexity index is 283. The summed E-state index contributed by atoms with van der Waals surface area (Å²) in [4.78, 5) is 11.6. The van der Waals surface area contributed by atoms with Crippen LogP contribution in [0.3, 0.4) is 0 Å². The van der Waals surface area contributed by atoms with Crippen LogP contribution in [0.2, 0.25) is 0 Å². The first-order valence-corrected chi connectivity index (χ1v) is 5.12. The molecular formula is C12H18O2. The van der Waals surface area contributed by atoms with Crippen molar-refractivity contribution in [3.8, 4) is 0 Å². The summed E-state index contributed by atoms with van der Waals surface area (Å²) < 4.78 is 5.04. The molecule has 1 rings (SSSR count). The van der Waals surface area contributed by atoms with Gasteiger partial charge in [-0.3, -0.25) is 4.79 Å². The molecule has 78 valence electrons. The maximum Gasteiger partial charge on any atom is 0.197 e. The smallest absolute Gasteiger partial charge is 0.197 e. The van der Waals surface area contributed by atoms with Gasteiger partial charge in [0.25, 0.3) is 0 Å². The number of hydrogen-bond acceptors (Lipinski definition) is 2. The molecule has 0 unspecified atom stereocenters. The van der Waals surface area contributed by atoms with Gasteiger partial charge in [0, 0.05) is 6.42 Å². The number of carbonyl (C=O) groups excluding carboxylic acids is 1. The molecule has 0 saturated carbocycles. The van der Waals surface area contributed by atoms with Crippen LogP contribution in [0.4, 0.5) is 0 Å². The molecule has 0 aliphatic heterocycles. The lowest BCUT2D eigenvalue weighted by molar-refractivity contribution is 0.0935. The highest BCUT2D eigenvalue weighted by Crippen LogP contribution is 2.26. The third-order valence-corrected chi connectivity index (χ3v) is 2.78. The molecule has 1 heterocycles. The Balaban J connectivity index is 2.43. The van der Waals surface area contributed by atoms with Crippen LogP contribution in [-0.4, -0.2) is 5.78 Å². The van der Waals surface area contributed by atoms with Gasteiger partial charge in [0.05, 0.1) is 6.26 Å². The maximum absolute atomic E-state index is 11.6. The molecule has 0 saturated heterocycles. The van der Waals surface area contributed by atoms with Gasteiger partial charge in [0.2, 0.25) is 0 Å². The highest BCUT2D eigenvalue weighted by molar-refractivity contribution is 5.93. The zero-order valence-electron chi connectivity index (χ0n) is 9.17. The third kappa shape index (κ3) is 3.02. The topological polar surface area (TPSA) is 30.2 Å². The molecule has 0 spiro atoms. The summed E-state index contributed by atoms with van der Waals surface area (Å²) in [7, 11) is 0. The number of ketones is 1. The monoisotopic (exact) mass is 194 g/mol. The van der Waals surface area contributed by atoms with Crippen molar-refractivity contribution in [1.82, 2.24) is 0 Å². The zero-order valence-corrected chi connectivity index (χ0v) is 9.17. The fraction of sp³-hybridized carbons (Fsp3) is 0.583. The molecule has 1 aromatic heterocycles. The van der Waals surface area contributed by atoms with Gasteiger partial charge in [0.15, 0.2) is 11.5 Å². The lowest BCUT2D eigenvalue weighted by Crippen LogP contribution is -2.12. The quantitative estimate of drug-likeness (QED) is 0.669. The van der Waals surface area contributed by atoms with Crippen LogP contribution in [-0.2, 0) is 0 Å². The van der Waals surface area contributed by atoms with Gasteiger partial charge in [-0.05, 0) is 24.0 Å². The molecule has 0 aliphatic carbocycles. The van der Waals surface area contributed by atoms with Crippen LogP contribution in [0.15, 0.2) is 22.8 Å². The average Bonchev–Trinajstić information content (AvgIpc) is 2.67. The molecule has 0 N–H and O–H groups in total. The van der Waals surface area contributed by atoms with Crippen molar-refractivity contribution in [2.75, 3.05) is 0 Å². The van der Waals surface area contributed by atoms with E-state index >= 15 is 0 Å². The van der Waals surface area contributed by atoms with Crippen LogP contribution in [0, 0.1) is 5.41 Å². The van der Waals surface area contributed by atoms with Crippen molar-refractivity contribution in [1.29, 1.82) is 0 Å². The maximum atomic E-state index is 11.6. The van der Waals surface area contributed by atoms with Crippen molar-refractivity contribution < 1.29 is 9.21 Å². The fourth-order valence-electron chi connectivity index (χ4n) is 1.19. The molecule has 0 atom stereocenters. The SMILES string of the molecule is CCC(C)(C)CCC(=O)c1ccco1. The summed E-state index contributed by atoms with van der Waals surface area (Å²) in [5.41, 5.74) is 0.252.